The fraction of sp³-hybridized carbons (Fsp3) is 0.714. The van der Waals surface area contributed by atoms with Crippen LogP contribution in [0.3, 0.4) is 0 Å². The van der Waals surface area contributed by atoms with E-state index in [1.165, 1.54) is 7.11 Å². The highest BCUT2D eigenvalue weighted by molar-refractivity contribution is 8.13. The van der Waals surface area contributed by atoms with E-state index in [1.807, 2.05) is 6.92 Å². The summed E-state index contributed by atoms with van der Waals surface area (Å²) >= 11 is 1.10. The summed E-state index contributed by atoms with van der Waals surface area (Å²) in [5.74, 6) is 0. The number of alkyl carbamates (subject to hydrolysis) is 1. The Hall–Kier alpha value is -0.710. The first-order chi connectivity index (χ1) is 5.65. The normalized spacial score (nSPS) is 11.9. The lowest BCUT2D eigenvalue weighted by atomic mass is 10.2. The summed E-state index contributed by atoms with van der Waals surface area (Å²) in [5, 5.41) is 2.38. The van der Waals surface area contributed by atoms with Gasteiger partial charge in [0.15, 0.2) is 0 Å². The van der Waals surface area contributed by atoms with E-state index in [0.717, 1.165) is 11.8 Å². The Morgan fingerprint density at radius 3 is 2.50 bits per heavy atom. The van der Waals surface area contributed by atoms with E-state index >= 15 is 0 Å². The largest absolute Gasteiger partial charge is 0.453 e. The molecule has 0 unspecified atom stereocenters. The van der Waals surface area contributed by atoms with E-state index in [0.29, 0.717) is 6.42 Å². The maximum Gasteiger partial charge on any atom is 0.407 e. The van der Waals surface area contributed by atoms with Gasteiger partial charge in [-0.1, -0.05) is 18.7 Å². The van der Waals surface area contributed by atoms with E-state index in [2.05, 4.69) is 10.1 Å². The lowest BCUT2D eigenvalue weighted by Crippen LogP contribution is -2.38. The summed E-state index contributed by atoms with van der Waals surface area (Å²) in [6.45, 7) is 1.83. The molecule has 0 rings (SSSR count). The molecule has 0 aliphatic rings. The van der Waals surface area contributed by atoms with Crippen LogP contribution in [0.15, 0.2) is 0 Å². The number of hydrogen-bond donors (Lipinski definition) is 1. The number of ether oxygens (including phenoxy) is 1. The topological polar surface area (TPSA) is 55.4 Å². The van der Waals surface area contributed by atoms with E-state index < -0.39 is 12.1 Å². The molecule has 70 valence electrons. The zero-order valence-electron chi connectivity index (χ0n) is 7.42. The Kier molecular flexibility index (Phi) is 5.53. The Labute approximate surface area is 76.0 Å². The predicted octanol–water partition coefficient (Wildman–Crippen LogP) is 1.01. The number of rotatable bonds is 3. The van der Waals surface area contributed by atoms with Crippen LogP contribution in [0.4, 0.5) is 4.79 Å². The molecule has 12 heavy (non-hydrogen) atoms. The Balaban J connectivity index is 3.99. The number of carbonyl (C=O) groups excluding carboxylic acids is 2. The first-order valence-corrected chi connectivity index (χ1v) is 4.80. The highest BCUT2D eigenvalue weighted by atomic mass is 32.2. The molecule has 0 spiro atoms. The molecule has 0 aromatic rings. The van der Waals surface area contributed by atoms with Gasteiger partial charge < -0.3 is 10.1 Å². The lowest BCUT2D eigenvalue weighted by molar-refractivity contribution is -0.112. The Morgan fingerprint density at radius 1 is 1.58 bits per heavy atom. The molecule has 0 saturated carbocycles. The monoisotopic (exact) mass is 191 g/mol. The minimum atomic E-state index is -0.566. The molecule has 1 N–H and O–H groups in total. The highest BCUT2D eigenvalue weighted by Gasteiger charge is 2.17. The fourth-order valence-electron chi connectivity index (χ4n) is 0.671. The molecule has 0 heterocycles. The molecule has 0 bridgehead atoms. The van der Waals surface area contributed by atoms with Gasteiger partial charge in [-0.15, -0.1) is 0 Å². The summed E-state index contributed by atoms with van der Waals surface area (Å²) in [6.07, 6.45) is 1.70. The van der Waals surface area contributed by atoms with Crippen molar-refractivity contribution in [1.82, 2.24) is 5.32 Å². The lowest BCUT2D eigenvalue weighted by Gasteiger charge is -2.12. The number of thioether (sulfide) groups is 1. The predicted molar refractivity (Wildman–Crippen MR) is 48.1 cm³/mol. The summed E-state index contributed by atoms with van der Waals surface area (Å²) in [7, 11) is 1.27. The smallest absolute Gasteiger partial charge is 0.407 e. The van der Waals surface area contributed by atoms with Crippen LogP contribution in [0.5, 0.6) is 0 Å². The van der Waals surface area contributed by atoms with Crippen molar-refractivity contribution in [3.05, 3.63) is 0 Å². The van der Waals surface area contributed by atoms with E-state index in [1.54, 1.807) is 6.26 Å². The second-order valence-electron chi connectivity index (χ2n) is 2.12. The molecular formula is C7H13NO3S. The number of methoxy groups -OCH3 is 1. The van der Waals surface area contributed by atoms with Crippen LogP contribution in [-0.4, -0.2) is 30.6 Å². The zero-order valence-corrected chi connectivity index (χ0v) is 8.23. The van der Waals surface area contributed by atoms with Crippen molar-refractivity contribution in [3.63, 3.8) is 0 Å². The Bertz CT molecular complexity index is 172. The molecule has 1 amide bonds. The molecule has 1 atom stereocenters. The van der Waals surface area contributed by atoms with E-state index in [-0.39, 0.29) is 5.12 Å². The van der Waals surface area contributed by atoms with Gasteiger partial charge in [-0.25, -0.2) is 4.79 Å². The summed E-state index contributed by atoms with van der Waals surface area (Å²) < 4.78 is 4.37. The molecule has 0 aromatic carbocycles. The third kappa shape index (κ3) is 3.61. The second kappa shape index (κ2) is 5.88. The standard InChI is InChI=1S/C7H13NO3S/c1-4-5(6(9)12-3)8-7(10)11-2/h5H,4H2,1-3H3,(H,8,10)/t5-/m0/s1. The van der Waals surface area contributed by atoms with Gasteiger partial charge >= 0.3 is 6.09 Å². The SMILES string of the molecule is CC[C@H](NC(=O)OC)C(=O)SC. The summed E-state index contributed by atoms with van der Waals surface area (Å²) in [6, 6.07) is -0.438. The molecule has 0 fully saturated rings. The number of carbonyl (C=O) groups is 2. The van der Waals surface area contributed by atoms with Crippen molar-refractivity contribution in [1.29, 1.82) is 0 Å². The zero-order chi connectivity index (χ0) is 9.56. The molecular weight excluding hydrogens is 178 g/mol. The molecule has 5 heteroatoms. The van der Waals surface area contributed by atoms with Crippen LogP contribution in [0, 0.1) is 0 Å². The van der Waals surface area contributed by atoms with Crippen LogP contribution < -0.4 is 5.32 Å². The molecule has 0 aromatic heterocycles. The van der Waals surface area contributed by atoms with Crippen LogP contribution in [0.1, 0.15) is 13.3 Å². The number of nitrogens with one attached hydrogen (secondary N) is 1. The first kappa shape index (κ1) is 11.3. The fourth-order valence-corrected chi connectivity index (χ4v) is 1.18. The van der Waals surface area contributed by atoms with Gasteiger partial charge in [-0.2, -0.15) is 0 Å². The van der Waals surface area contributed by atoms with Gasteiger partial charge in [0.2, 0.25) is 5.12 Å². The minimum Gasteiger partial charge on any atom is -0.453 e. The number of hydrogen-bond acceptors (Lipinski definition) is 4. The second-order valence-corrected chi connectivity index (χ2v) is 2.93. The van der Waals surface area contributed by atoms with Gasteiger partial charge in [-0.05, 0) is 12.7 Å². The third-order valence-electron chi connectivity index (χ3n) is 1.37. The van der Waals surface area contributed by atoms with Crippen LogP contribution in [0.25, 0.3) is 0 Å². The van der Waals surface area contributed by atoms with Crippen molar-refractivity contribution in [2.45, 2.75) is 19.4 Å². The molecule has 0 radical (unpaired) electrons. The quantitative estimate of drug-likeness (QED) is 0.723. The maximum atomic E-state index is 11.1. The maximum absolute atomic E-state index is 11.1. The van der Waals surface area contributed by atoms with Crippen molar-refractivity contribution < 1.29 is 14.3 Å². The van der Waals surface area contributed by atoms with Crippen molar-refractivity contribution in [2.24, 2.45) is 0 Å². The molecule has 0 aliphatic heterocycles. The first-order valence-electron chi connectivity index (χ1n) is 3.58. The summed E-state index contributed by atoms with van der Waals surface area (Å²) in [4.78, 5) is 21.8. The third-order valence-corrected chi connectivity index (χ3v) is 2.06. The minimum absolute atomic E-state index is 0.0529. The van der Waals surface area contributed by atoms with Gasteiger partial charge in [0.05, 0.1) is 7.11 Å². The summed E-state index contributed by atoms with van der Waals surface area (Å²) in [5.41, 5.74) is 0. The van der Waals surface area contributed by atoms with Gasteiger partial charge in [0.25, 0.3) is 0 Å². The highest BCUT2D eigenvalue weighted by Crippen LogP contribution is 2.03. The molecule has 0 aliphatic carbocycles. The Morgan fingerprint density at radius 2 is 2.17 bits per heavy atom. The van der Waals surface area contributed by atoms with E-state index in [4.69, 9.17) is 0 Å². The van der Waals surface area contributed by atoms with Gasteiger partial charge in [0, 0.05) is 0 Å². The van der Waals surface area contributed by atoms with Crippen LogP contribution >= 0.6 is 11.8 Å². The molecule has 0 saturated heterocycles. The van der Waals surface area contributed by atoms with Crippen molar-refractivity contribution in [3.8, 4) is 0 Å². The van der Waals surface area contributed by atoms with E-state index in [9.17, 15) is 9.59 Å². The van der Waals surface area contributed by atoms with Crippen molar-refractivity contribution in [2.75, 3.05) is 13.4 Å². The number of amides is 1. The van der Waals surface area contributed by atoms with Crippen molar-refractivity contribution >= 4 is 23.0 Å². The van der Waals surface area contributed by atoms with Gasteiger partial charge in [-0.3, -0.25) is 4.79 Å². The average molecular weight is 191 g/mol. The van der Waals surface area contributed by atoms with Crippen LogP contribution in [-0.2, 0) is 9.53 Å². The molecule has 4 nitrogen and oxygen atoms in total. The average Bonchev–Trinajstić information content (AvgIpc) is 2.12. The van der Waals surface area contributed by atoms with Crippen LogP contribution in [0.2, 0.25) is 0 Å². The van der Waals surface area contributed by atoms with Gasteiger partial charge in [0.1, 0.15) is 6.04 Å².